The molecule has 3 rings (SSSR count). The van der Waals surface area contributed by atoms with E-state index < -0.39 is 0 Å². The third kappa shape index (κ3) is 9.07. The van der Waals surface area contributed by atoms with Crippen LogP contribution < -0.4 is 0 Å². The minimum Gasteiger partial charge on any atom is -0.0953 e. The first-order valence-corrected chi connectivity index (χ1v) is 14.3. The van der Waals surface area contributed by atoms with Crippen molar-refractivity contribution in [3.05, 3.63) is 35.5 Å². The molecule has 194 valence electrons. The summed E-state index contributed by atoms with van der Waals surface area (Å²) in [5, 5.41) is 0. The van der Waals surface area contributed by atoms with E-state index in [2.05, 4.69) is 53.3 Å². The Morgan fingerprint density at radius 3 is 2.24 bits per heavy atom. The summed E-state index contributed by atoms with van der Waals surface area (Å²) >= 11 is 0. The zero-order valence-electron chi connectivity index (χ0n) is 23.6. The monoisotopic (exact) mass is 458 g/mol. The van der Waals surface area contributed by atoms with Gasteiger partial charge in [0, 0.05) is 0 Å². The lowest BCUT2D eigenvalue weighted by Crippen LogP contribution is -2.33. The highest BCUT2D eigenvalue weighted by Gasteiger charge is 2.48. The van der Waals surface area contributed by atoms with Gasteiger partial charge in [0.05, 0.1) is 0 Å². The van der Waals surface area contributed by atoms with Crippen LogP contribution >= 0.6 is 0 Å². The number of allylic oxidation sites excluding steroid dienone is 5. The first kappa shape index (κ1) is 32.2. The Hall–Kier alpha value is -0.780. The second-order valence-corrected chi connectivity index (χ2v) is 11.7. The highest BCUT2D eigenvalue weighted by molar-refractivity contribution is 5.36. The Morgan fingerprint density at radius 1 is 0.939 bits per heavy atom. The van der Waals surface area contributed by atoms with Crippen LogP contribution in [0.3, 0.4) is 0 Å². The van der Waals surface area contributed by atoms with Crippen LogP contribution in [0, 0.1) is 28.6 Å². The van der Waals surface area contributed by atoms with E-state index in [1.54, 1.807) is 5.57 Å². The Morgan fingerprint density at radius 2 is 1.61 bits per heavy atom. The van der Waals surface area contributed by atoms with E-state index in [4.69, 9.17) is 0 Å². The van der Waals surface area contributed by atoms with Gasteiger partial charge in [-0.25, -0.2) is 0 Å². The van der Waals surface area contributed by atoms with E-state index in [-0.39, 0.29) is 7.43 Å². The maximum Gasteiger partial charge on any atom is -0.0143 e. The minimum atomic E-state index is 0. The Bertz CT molecular complexity index is 610. The molecule has 0 saturated heterocycles. The third-order valence-corrected chi connectivity index (χ3v) is 8.48. The van der Waals surface area contributed by atoms with Gasteiger partial charge in [0.2, 0.25) is 0 Å². The largest absolute Gasteiger partial charge is 0.0953 e. The van der Waals surface area contributed by atoms with E-state index in [0.29, 0.717) is 16.7 Å². The highest BCUT2D eigenvalue weighted by atomic mass is 14.5. The van der Waals surface area contributed by atoms with Gasteiger partial charge < -0.3 is 0 Å². The van der Waals surface area contributed by atoms with Crippen LogP contribution in [0.2, 0.25) is 0 Å². The van der Waals surface area contributed by atoms with E-state index in [1.165, 1.54) is 88.2 Å². The molecule has 0 spiro atoms. The van der Waals surface area contributed by atoms with Gasteiger partial charge in [-0.2, -0.15) is 0 Å². The van der Waals surface area contributed by atoms with Gasteiger partial charge in [-0.3, -0.25) is 0 Å². The van der Waals surface area contributed by atoms with Gasteiger partial charge >= 0.3 is 0 Å². The van der Waals surface area contributed by atoms with Crippen LogP contribution in [-0.4, -0.2) is 0 Å². The number of hydrogen-bond acceptors (Lipinski definition) is 0. The second-order valence-electron chi connectivity index (χ2n) is 11.7. The molecule has 0 nitrogen and oxygen atoms in total. The van der Waals surface area contributed by atoms with Crippen molar-refractivity contribution in [2.45, 2.75) is 147 Å². The van der Waals surface area contributed by atoms with E-state index >= 15 is 0 Å². The molecule has 0 aromatic carbocycles. The molecular weight excluding hydrogens is 396 g/mol. The molecule has 0 heterocycles. The van der Waals surface area contributed by atoms with Crippen LogP contribution in [0.25, 0.3) is 0 Å². The van der Waals surface area contributed by atoms with Crippen molar-refractivity contribution >= 4 is 0 Å². The maximum atomic E-state index is 4.39. The standard InChI is InChI=1S/C28H46.2C2H6.CH4/c1-21-11-9-12-23(22(21)2)15-16-24-13-10-20-28(6)25(17-18-26(24)28)14-7-8-19-27(3,4)5;2*1-2;/h15-16,21,25-26H,2,7-14,17-20H2,1,3-6H3;2*1-2H3;1H4/b23-15-,24-16+;;;. The molecule has 0 aromatic rings. The zero-order chi connectivity index (χ0) is 24.4. The second kappa shape index (κ2) is 15.3. The Balaban J connectivity index is 0.00000194. The third-order valence-electron chi connectivity index (χ3n) is 8.48. The van der Waals surface area contributed by atoms with E-state index in [9.17, 15) is 0 Å². The quantitative estimate of drug-likeness (QED) is 0.359. The Kier molecular flexibility index (Phi) is 14.9. The SMILES string of the molecule is C.C=C1/C(=C\C=C2/CCCC3(C)C(CCCCC(C)(C)C)CCC23)CCCC1C.CC.CC. The molecule has 0 bridgehead atoms. The topological polar surface area (TPSA) is 0 Å². The van der Waals surface area contributed by atoms with Crippen molar-refractivity contribution in [1.82, 2.24) is 0 Å². The van der Waals surface area contributed by atoms with Crippen LogP contribution in [0.4, 0.5) is 0 Å². The molecule has 4 unspecified atom stereocenters. The van der Waals surface area contributed by atoms with Crippen molar-refractivity contribution in [1.29, 1.82) is 0 Å². The molecule has 3 aliphatic rings. The molecule has 0 N–H and O–H groups in total. The van der Waals surface area contributed by atoms with E-state index in [1.807, 2.05) is 27.7 Å². The fraction of sp³-hybridized carbons (Fsp3) is 0.818. The van der Waals surface area contributed by atoms with Crippen molar-refractivity contribution in [3.63, 3.8) is 0 Å². The molecule has 3 saturated carbocycles. The summed E-state index contributed by atoms with van der Waals surface area (Å²) in [4.78, 5) is 0. The van der Waals surface area contributed by atoms with E-state index in [0.717, 1.165) is 11.8 Å². The van der Waals surface area contributed by atoms with Gasteiger partial charge in [-0.05, 0) is 104 Å². The first-order valence-electron chi connectivity index (χ1n) is 14.3. The predicted molar refractivity (Wildman–Crippen MR) is 154 cm³/mol. The van der Waals surface area contributed by atoms with Crippen LogP contribution in [0.15, 0.2) is 35.5 Å². The number of fused-ring (bicyclic) bond motifs is 1. The molecule has 0 radical (unpaired) electrons. The summed E-state index contributed by atoms with van der Waals surface area (Å²) < 4.78 is 0. The molecular formula is C33H62. The van der Waals surface area contributed by atoms with Gasteiger partial charge in [0.1, 0.15) is 0 Å². The molecule has 0 amide bonds. The summed E-state index contributed by atoms with van der Waals surface area (Å²) in [6, 6.07) is 0. The molecule has 4 atom stereocenters. The molecule has 0 aliphatic heterocycles. The van der Waals surface area contributed by atoms with Crippen molar-refractivity contribution in [2.75, 3.05) is 0 Å². The molecule has 3 aliphatic carbocycles. The lowest BCUT2D eigenvalue weighted by molar-refractivity contribution is 0.126. The summed E-state index contributed by atoms with van der Waals surface area (Å²) in [6.45, 7) is 24.5. The predicted octanol–water partition coefficient (Wildman–Crippen LogP) is 11.7. The smallest absolute Gasteiger partial charge is 0.0143 e. The first-order chi connectivity index (χ1) is 15.2. The van der Waals surface area contributed by atoms with Gasteiger partial charge in [-0.15, -0.1) is 0 Å². The molecule has 0 aromatic heterocycles. The molecule has 3 fully saturated rings. The maximum absolute atomic E-state index is 4.39. The summed E-state index contributed by atoms with van der Waals surface area (Å²) in [5.41, 5.74) is 5.78. The fourth-order valence-corrected chi connectivity index (χ4v) is 6.51. The lowest BCUT2D eigenvalue weighted by Gasteiger charge is -2.42. The molecule has 0 heteroatoms. The van der Waals surface area contributed by atoms with Gasteiger partial charge in [-0.1, -0.05) is 107 Å². The molecule has 33 heavy (non-hydrogen) atoms. The lowest BCUT2D eigenvalue weighted by atomic mass is 9.62. The van der Waals surface area contributed by atoms with Crippen molar-refractivity contribution in [3.8, 4) is 0 Å². The average molecular weight is 459 g/mol. The zero-order valence-corrected chi connectivity index (χ0v) is 23.6. The van der Waals surface area contributed by atoms with Crippen LogP contribution in [0.1, 0.15) is 147 Å². The summed E-state index contributed by atoms with van der Waals surface area (Å²) in [7, 11) is 0. The summed E-state index contributed by atoms with van der Waals surface area (Å²) in [5.74, 6) is 2.48. The number of unbranched alkanes of at least 4 members (excludes halogenated alkanes) is 1. The van der Waals surface area contributed by atoms with Crippen molar-refractivity contribution in [2.24, 2.45) is 28.6 Å². The summed E-state index contributed by atoms with van der Waals surface area (Å²) in [6.07, 6.45) is 21.7. The Labute approximate surface area is 210 Å². The fourth-order valence-electron chi connectivity index (χ4n) is 6.51. The minimum absolute atomic E-state index is 0. The number of hydrogen-bond donors (Lipinski definition) is 0. The van der Waals surface area contributed by atoms with Gasteiger partial charge in [0.25, 0.3) is 0 Å². The van der Waals surface area contributed by atoms with Crippen molar-refractivity contribution < 1.29 is 0 Å². The van der Waals surface area contributed by atoms with Crippen LogP contribution in [0.5, 0.6) is 0 Å². The van der Waals surface area contributed by atoms with Crippen LogP contribution in [-0.2, 0) is 0 Å². The number of rotatable bonds is 5. The highest BCUT2D eigenvalue weighted by Crippen LogP contribution is 2.58. The normalized spacial score (nSPS) is 31.7. The van der Waals surface area contributed by atoms with Gasteiger partial charge in [0.15, 0.2) is 0 Å². The average Bonchev–Trinajstić information content (AvgIpc) is 3.11.